The summed E-state index contributed by atoms with van der Waals surface area (Å²) in [5, 5.41) is 20.6. The van der Waals surface area contributed by atoms with Crippen LogP contribution in [0, 0.1) is 10.1 Å². The number of non-ortho nitro benzene ring substituents is 1. The Balaban J connectivity index is 0.00000324. The van der Waals surface area contributed by atoms with E-state index in [-0.39, 0.29) is 28.3 Å². The number of aromatic hydroxyl groups is 1. The lowest BCUT2D eigenvalue weighted by atomic mass is 10.0. The zero-order chi connectivity index (χ0) is 13.7. The van der Waals surface area contributed by atoms with Gasteiger partial charge in [-0.3, -0.25) is 10.1 Å². The van der Waals surface area contributed by atoms with Crippen molar-refractivity contribution in [2.24, 2.45) is 11.5 Å². The summed E-state index contributed by atoms with van der Waals surface area (Å²) >= 11 is 3.09. The number of phenols is 1. The van der Waals surface area contributed by atoms with Crippen molar-refractivity contribution in [1.82, 2.24) is 0 Å². The Hall–Kier alpha value is -0.890. The molecule has 0 unspecified atom stereocenters. The van der Waals surface area contributed by atoms with Crippen LogP contribution in [-0.4, -0.2) is 16.6 Å². The van der Waals surface area contributed by atoms with Crippen molar-refractivity contribution in [3.63, 3.8) is 0 Å². The number of phenolic OH excluding ortho intramolecular Hbond substituents is 1. The van der Waals surface area contributed by atoms with Crippen molar-refractivity contribution < 1.29 is 10.0 Å². The highest BCUT2D eigenvalue weighted by molar-refractivity contribution is 9.10. The second kappa shape index (κ2) is 8.31. The molecule has 0 aliphatic rings. The summed E-state index contributed by atoms with van der Waals surface area (Å²) < 4.78 is 0.279. The minimum absolute atomic E-state index is 0. The average Bonchev–Trinajstić information content (AvgIpc) is 2.32. The first-order chi connectivity index (χ1) is 8.47. The second-order valence-electron chi connectivity index (χ2n) is 4.01. The third kappa shape index (κ3) is 4.94. The van der Waals surface area contributed by atoms with Gasteiger partial charge in [0, 0.05) is 23.7 Å². The van der Waals surface area contributed by atoms with Gasteiger partial charge in [0.25, 0.3) is 5.69 Å². The van der Waals surface area contributed by atoms with Crippen LogP contribution in [0.2, 0.25) is 0 Å². The highest BCUT2D eigenvalue weighted by Gasteiger charge is 2.19. The molecule has 19 heavy (non-hydrogen) atoms. The molecule has 1 rings (SSSR count). The molecule has 1 atom stereocenters. The minimum atomic E-state index is -0.514. The van der Waals surface area contributed by atoms with Crippen LogP contribution in [-0.2, 0) is 0 Å². The summed E-state index contributed by atoms with van der Waals surface area (Å²) in [5.74, 6) is -0.0409. The molecule has 0 radical (unpaired) electrons. The number of hydrogen-bond acceptors (Lipinski definition) is 5. The lowest BCUT2D eigenvalue weighted by Gasteiger charge is -2.14. The smallest absolute Gasteiger partial charge is 0.271 e. The molecule has 0 heterocycles. The van der Waals surface area contributed by atoms with Gasteiger partial charge in [0.15, 0.2) is 0 Å². The molecule has 108 valence electrons. The molecule has 8 heteroatoms. The van der Waals surface area contributed by atoms with Crippen LogP contribution in [0.5, 0.6) is 5.75 Å². The molecule has 6 nitrogen and oxygen atoms in total. The fourth-order valence-corrected chi connectivity index (χ4v) is 2.12. The topological polar surface area (TPSA) is 115 Å². The van der Waals surface area contributed by atoms with Crippen LogP contribution in [0.25, 0.3) is 0 Å². The molecule has 0 aromatic heterocycles. The Bertz CT molecular complexity index is 445. The van der Waals surface area contributed by atoms with E-state index in [1.165, 1.54) is 12.1 Å². The Morgan fingerprint density at radius 2 is 2.05 bits per heavy atom. The van der Waals surface area contributed by atoms with Crippen LogP contribution in [0.1, 0.15) is 30.9 Å². The average molecular weight is 355 g/mol. The van der Waals surface area contributed by atoms with Crippen molar-refractivity contribution in [3.05, 3.63) is 32.3 Å². The van der Waals surface area contributed by atoms with E-state index >= 15 is 0 Å². The van der Waals surface area contributed by atoms with Crippen LogP contribution in [0.15, 0.2) is 16.6 Å². The first-order valence-electron chi connectivity index (χ1n) is 5.59. The molecule has 1 aromatic rings. The van der Waals surface area contributed by atoms with Crippen molar-refractivity contribution in [2.45, 2.75) is 25.3 Å². The molecular weight excluding hydrogens is 337 g/mol. The van der Waals surface area contributed by atoms with Gasteiger partial charge in [0.1, 0.15) is 5.75 Å². The van der Waals surface area contributed by atoms with E-state index < -0.39 is 11.0 Å². The maximum absolute atomic E-state index is 10.7. The van der Waals surface area contributed by atoms with Gasteiger partial charge in [0.05, 0.1) is 9.40 Å². The number of nitrogens with two attached hydrogens (primary N) is 2. The van der Waals surface area contributed by atoms with Crippen LogP contribution in [0.3, 0.4) is 0 Å². The third-order valence-corrected chi connectivity index (χ3v) is 3.26. The zero-order valence-corrected chi connectivity index (χ0v) is 12.6. The van der Waals surface area contributed by atoms with Gasteiger partial charge in [-0.25, -0.2) is 0 Å². The number of nitrogens with zero attached hydrogens (tertiary/aromatic N) is 1. The molecule has 0 aliphatic heterocycles. The van der Waals surface area contributed by atoms with Crippen LogP contribution >= 0.6 is 28.3 Å². The van der Waals surface area contributed by atoms with Crippen molar-refractivity contribution >= 4 is 34.0 Å². The minimum Gasteiger partial charge on any atom is -0.506 e. The fraction of sp³-hybridized carbons (Fsp3) is 0.455. The molecule has 0 aliphatic carbocycles. The summed E-state index contributed by atoms with van der Waals surface area (Å²) in [5.41, 5.74) is 11.6. The Morgan fingerprint density at radius 1 is 1.42 bits per heavy atom. The van der Waals surface area contributed by atoms with Crippen molar-refractivity contribution in [2.75, 3.05) is 6.54 Å². The number of halogens is 2. The van der Waals surface area contributed by atoms with Crippen molar-refractivity contribution in [3.8, 4) is 5.75 Å². The largest absolute Gasteiger partial charge is 0.506 e. The molecular formula is C11H17BrClN3O3. The number of unbranched alkanes of at least 4 members (excludes halogenated alkanes) is 1. The van der Waals surface area contributed by atoms with Crippen LogP contribution < -0.4 is 11.5 Å². The maximum atomic E-state index is 10.7. The molecule has 0 amide bonds. The first kappa shape index (κ1) is 18.1. The van der Waals surface area contributed by atoms with E-state index in [1.807, 2.05) is 0 Å². The Kier molecular flexibility index (Phi) is 7.93. The lowest BCUT2D eigenvalue weighted by Crippen LogP contribution is -2.12. The summed E-state index contributed by atoms with van der Waals surface area (Å²) in [4.78, 5) is 10.2. The number of nitro groups is 1. The van der Waals surface area contributed by atoms with E-state index in [0.717, 1.165) is 12.8 Å². The summed E-state index contributed by atoms with van der Waals surface area (Å²) in [6.07, 6.45) is 2.28. The van der Waals surface area contributed by atoms with Gasteiger partial charge >= 0.3 is 0 Å². The standard InChI is InChI=1S/C11H16BrN3O3.ClH/c12-9-6-7(15(17)18)5-8(11(9)16)10(14)3-1-2-4-13;/h5-6,10,16H,1-4,13-14H2;1H/t10-;/m1./s1. The predicted octanol–water partition coefficient (Wildman–Crippen LogP) is 2.61. The molecule has 0 bridgehead atoms. The summed E-state index contributed by atoms with van der Waals surface area (Å²) in [7, 11) is 0. The normalized spacial score (nSPS) is 11.7. The SMILES string of the molecule is Cl.NCCCC[C@@H](N)c1cc([N+](=O)[O-])cc(Br)c1O. The fourth-order valence-electron chi connectivity index (χ4n) is 1.66. The molecule has 0 saturated carbocycles. The number of benzene rings is 1. The van der Waals surface area contributed by atoms with E-state index in [0.29, 0.717) is 18.5 Å². The van der Waals surface area contributed by atoms with E-state index in [1.54, 1.807) is 0 Å². The number of rotatable bonds is 6. The predicted molar refractivity (Wildman–Crippen MR) is 79.5 cm³/mol. The van der Waals surface area contributed by atoms with E-state index in [9.17, 15) is 15.2 Å². The Morgan fingerprint density at radius 3 is 2.58 bits per heavy atom. The first-order valence-corrected chi connectivity index (χ1v) is 6.39. The Labute approximate surface area is 125 Å². The molecule has 0 saturated heterocycles. The van der Waals surface area contributed by atoms with E-state index in [2.05, 4.69) is 15.9 Å². The van der Waals surface area contributed by atoms with Gasteiger partial charge in [-0.1, -0.05) is 6.42 Å². The molecule has 0 spiro atoms. The van der Waals surface area contributed by atoms with Gasteiger partial charge in [-0.2, -0.15) is 0 Å². The summed E-state index contributed by atoms with van der Waals surface area (Å²) in [6, 6.07) is 2.13. The van der Waals surface area contributed by atoms with Gasteiger partial charge < -0.3 is 16.6 Å². The molecule has 1 aromatic carbocycles. The van der Waals surface area contributed by atoms with Crippen LogP contribution in [0.4, 0.5) is 5.69 Å². The zero-order valence-electron chi connectivity index (χ0n) is 10.2. The third-order valence-electron chi connectivity index (χ3n) is 2.66. The van der Waals surface area contributed by atoms with Gasteiger partial charge in [-0.15, -0.1) is 12.4 Å². The maximum Gasteiger partial charge on any atom is 0.271 e. The quantitative estimate of drug-likeness (QED) is 0.412. The monoisotopic (exact) mass is 353 g/mol. The second-order valence-corrected chi connectivity index (χ2v) is 4.87. The molecule has 0 fully saturated rings. The van der Waals surface area contributed by atoms with Crippen molar-refractivity contribution in [1.29, 1.82) is 0 Å². The summed E-state index contributed by atoms with van der Waals surface area (Å²) in [6.45, 7) is 0.581. The number of nitro benzene ring substituents is 1. The van der Waals surface area contributed by atoms with Gasteiger partial charge in [0.2, 0.25) is 0 Å². The van der Waals surface area contributed by atoms with E-state index in [4.69, 9.17) is 11.5 Å². The highest BCUT2D eigenvalue weighted by Crippen LogP contribution is 2.36. The lowest BCUT2D eigenvalue weighted by molar-refractivity contribution is -0.385. The molecule has 5 N–H and O–H groups in total. The highest BCUT2D eigenvalue weighted by atomic mass is 79.9. The van der Waals surface area contributed by atoms with Gasteiger partial charge in [-0.05, 0) is 35.3 Å². The number of hydrogen-bond donors (Lipinski definition) is 3.